The van der Waals surface area contributed by atoms with Crippen molar-refractivity contribution in [2.75, 3.05) is 27.9 Å². The Kier molecular flexibility index (Phi) is 6.19. The number of carbonyl (C=O) groups excluding carboxylic acids is 1. The van der Waals surface area contributed by atoms with Crippen molar-refractivity contribution in [3.63, 3.8) is 0 Å². The van der Waals surface area contributed by atoms with Crippen LogP contribution in [0.2, 0.25) is 0 Å². The number of methoxy groups -OCH3 is 3. The molecule has 26 heavy (non-hydrogen) atoms. The molecule has 0 saturated carbocycles. The molecule has 1 aliphatic heterocycles. The van der Waals surface area contributed by atoms with Crippen molar-refractivity contribution in [1.82, 2.24) is 10.4 Å². The molecule has 1 atom stereocenters. The topological polar surface area (TPSA) is 97.3 Å². The normalized spacial score (nSPS) is 17.0. The van der Waals surface area contributed by atoms with Crippen LogP contribution in [0.3, 0.4) is 0 Å². The van der Waals surface area contributed by atoms with E-state index < -0.39 is 41.7 Å². The summed E-state index contributed by atoms with van der Waals surface area (Å²) < 4.78 is 43.5. The molecule has 1 heterocycles. The van der Waals surface area contributed by atoms with Gasteiger partial charge >= 0.3 is 5.97 Å². The highest BCUT2D eigenvalue weighted by Gasteiger charge is 2.33. The highest BCUT2D eigenvalue weighted by atomic mass is 19.2. The van der Waals surface area contributed by atoms with Gasteiger partial charge < -0.3 is 19.3 Å². The molecule has 144 valence electrons. The number of benzene rings is 1. The van der Waals surface area contributed by atoms with Crippen LogP contribution in [0.5, 0.6) is 17.2 Å². The molecule has 8 nitrogen and oxygen atoms in total. The molecule has 2 N–H and O–H groups in total. The van der Waals surface area contributed by atoms with Crippen LogP contribution >= 0.6 is 0 Å². The van der Waals surface area contributed by atoms with Gasteiger partial charge in [-0.05, 0) is 12.8 Å². The summed E-state index contributed by atoms with van der Waals surface area (Å²) in [5, 5.41) is 10.4. The molecule has 1 unspecified atom stereocenters. The van der Waals surface area contributed by atoms with Gasteiger partial charge in [-0.1, -0.05) is 0 Å². The molecule has 10 heteroatoms. The molecule has 2 rings (SSSR count). The molecule has 1 aromatic rings. The minimum absolute atomic E-state index is 0.172. The van der Waals surface area contributed by atoms with E-state index in [0.29, 0.717) is 19.4 Å². The third-order valence-electron chi connectivity index (χ3n) is 4.10. The Morgan fingerprint density at radius 2 is 1.73 bits per heavy atom. The third kappa shape index (κ3) is 3.64. The van der Waals surface area contributed by atoms with Crippen LogP contribution in [-0.2, 0) is 16.0 Å². The third-order valence-corrected chi connectivity index (χ3v) is 4.10. The second-order valence-corrected chi connectivity index (χ2v) is 5.61. The number of hydrogen-bond donors (Lipinski definition) is 2. The number of nitrogens with zero attached hydrogens (tertiary/aromatic N) is 1. The van der Waals surface area contributed by atoms with E-state index in [2.05, 4.69) is 5.43 Å². The molecule has 1 saturated heterocycles. The minimum Gasteiger partial charge on any atom is -0.492 e. The quantitative estimate of drug-likeness (QED) is 0.738. The second-order valence-electron chi connectivity index (χ2n) is 5.61. The van der Waals surface area contributed by atoms with Crippen LogP contribution < -0.4 is 19.6 Å². The number of carboxylic acid groups (broad SMARTS) is 1. The Hall–Kier alpha value is -2.62. The first-order valence-corrected chi connectivity index (χ1v) is 7.80. The van der Waals surface area contributed by atoms with Crippen molar-refractivity contribution in [3.05, 3.63) is 17.2 Å². The Morgan fingerprint density at radius 3 is 2.27 bits per heavy atom. The summed E-state index contributed by atoms with van der Waals surface area (Å²) in [6.45, 7) is 0.350. The van der Waals surface area contributed by atoms with Crippen LogP contribution in [0.1, 0.15) is 18.4 Å². The summed E-state index contributed by atoms with van der Waals surface area (Å²) in [6.07, 6.45) is 0.410. The number of nitrogens with one attached hydrogen (secondary N) is 1. The molecule has 1 amide bonds. The number of carboxylic acids is 1. The fourth-order valence-corrected chi connectivity index (χ4v) is 2.93. The van der Waals surface area contributed by atoms with Crippen LogP contribution in [0, 0.1) is 11.6 Å². The fourth-order valence-electron chi connectivity index (χ4n) is 2.93. The average molecular weight is 374 g/mol. The molecular weight excluding hydrogens is 354 g/mol. The molecule has 0 radical (unpaired) electrons. The Bertz CT molecular complexity index is 713. The Morgan fingerprint density at radius 1 is 1.12 bits per heavy atom. The lowest BCUT2D eigenvalue weighted by atomic mass is 10.1. The number of hydrogen-bond acceptors (Lipinski definition) is 6. The summed E-state index contributed by atoms with van der Waals surface area (Å²) in [5.74, 6) is -5.21. The van der Waals surface area contributed by atoms with E-state index in [1.54, 1.807) is 0 Å². The predicted molar refractivity (Wildman–Crippen MR) is 85.2 cm³/mol. The average Bonchev–Trinajstić information content (AvgIpc) is 3.06. The molecule has 0 bridgehead atoms. The summed E-state index contributed by atoms with van der Waals surface area (Å²) in [4.78, 5) is 23.4. The first-order chi connectivity index (χ1) is 12.3. The lowest BCUT2D eigenvalue weighted by molar-refractivity contribution is -0.144. The minimum atomic E-state index is -1.31. The lowest BCUT2D eigenvalue weighted by Gasteiger charge is -2.22. The van der Waals surface area contributed by atoms with Gasteiger partial charge in [-0.3, -0.25) is 15.0 Å². The van der Waals surface area contributed by atoms with Gasteiger partial charge in [-0.15, -0.1) is 0 Å². The number of rotatable bonds is 7. The van der Waals surface area contributed by atoms with Gasteiger partial charge in [0.25, 0.3) is 0 Å². The lowest BCUT2D eigenvalue weighted by Crippen LogP contribution is -2.48. The van der Waals surface area contributed by atoms with Crippen molar-refractivity contribution >= 4 is 11.9 Å². The van der Waals surface area contributed by atoms with E-state index in [-0.39, 0.29) is 17.1 Å². The van der Waals surface area contributed by atoms with Crippen molar-refractivity contribution in [1.29, 1.82) is 0 Å². The van der Waals surface area contributed by atoms with E-state index in [9.17, 15) is 18.4 Å². The molecular formula is C16H20F2N2O6. The van der Waals surface area contributed by atoms with Crippen molar-refractivity contribution in [2.24, 2.45) is 0 Å². The van der Waals surface area contributed by atoms with Gasteiger partial charge in [0, 0.05) is 12.1 Å². The Labute approximate surface area is 148 Å². The zero-order chi connectivity index (χ0) is 19.4. The van der Waals surface area contributed by atoms with Gasteiger partial charge in [-0.25, -0.2) is 9.40 Å². The summed E-state index contributed by atoms with van der Waals surface area (Å²) in [5.41, 5.74) is 2.06. The zero-order valence-electron chi connectivity index (χ0n) is 14.6. The SMILES string of the molecule is COc1c(F)c(F)c(CC(=O)NN2CCCC2C(=O)O)c(OC)c1OC. The van der Waals surface area contributed by atoms with Crippen LogP contribution in [-0.4, -0.2) is 55.9 Å². The number of halogens is 2. The van der Waals surface area contributed by atoms with Gasteiger partial charge in [0.05, 0.1) is 27.8 Å². The van der Waals surface area contributed by atoms with E-state index in [4.69, 9.17) is 19.3 Å². The zero-order valence-corrected chi connectivity index (χ0v) is 14.6. The fraction of sp³-hybridized carbons (Fsp3) is 0.500. The maximum atomic E-state index is 14.4. The van der Waals surface area contributed by atoms with Gasteiger partial charge in [-0.2, -0.15) is 4.39 Å². The highest BCUT2D eigenvalue weighted by Crippen LogP contribution is 2.44. The molecule has 1 fully saturated rings. The predicted octanol–water partition coefficient (Wildman–Crippen LogP) is 1.11. The van der Waals surface area contributed by atoms with Gasteiger partial charge in [0.15, 0.2) is 11.6 Å². The van der Waals surface area contributed by atoms with Crippen LogP contribution in [0.4, 0.5) is 8.78 Å². The second kappa shape index (κ2) is 8.17. The van der Waals surface area contributed by atoms with Gasteiger partial charge in [0.1, 0.15) is 6.04 Å². The highest BCUT2D eigenvalue weighted by molar-refractivity contribution is 5.81. The standard InChI is InChI=1S/C16H20F2N2O6/c1-24-13-8(11(17)12(18)14(25-2)15(13)26-3)7-10(21)19-20-6-4-5-9(20)16(22)23/h9H,4-7H2,1-3H3,(H,19,21)(H,22,23). The van der Waals surface area contributed by atoms with Crippen molar-refractivity contribution < 1.29 is 37.7 Å². The summed E-state index contributed by atoms with van der Waals surface area (Å²) in [7, 11) is 3.59. The van der Waals surface area contributed by atoms with Gasteiger partial charge in [0.2, 0.25) is 23.2 Å². The molecule has 0 aromatic heterocycles. The number of ether oxygens (including phenoxy) is 3. The first-order valence-electron chi connectivity index (χ1n) is 7.80. The van der Waals surface area contributed by atoms with E-state index in [0.717, 1.165) is 7.11 Å². The first kappa shape index (κ1) is 19.7. The molecule has 0 spiro atoms. The van der Waals surface area contributed by atoms with Crippen LogP contribution in [0.15, 0.2) is 0 Å². The van der Waals surface area contributed by atoms with E-state index >= 15 is 0 Å². The smallest absolute Gasteiger partial charge is 0.322 e. The molecule has 1 aliphatic rings. The molecule has 0 aliphatic carbocycles. The van der Waals surface area contributed by atoms with E-state index in [1.807, 2.05) is 0 Å². The summed E-state index contributed by atoms with van der Waals surface area (Å²) >= 11 is 0. The number of aliphatic carboxylic acids is 1. The Balaban J connectivity index is 2.29. The maximum absolute atomic E-state index is 14.4. The summed E-state index contributed by atoms with van der Waals surface area (Å²) in [6, 6.07) is -0.854. The van der Waals surface area contributed by atoms with Crippen molar-refractivity contribution in [2.45, 2.75) is 25.3 Å². The number of amides is 1. The van der Waals surface area contributed by atoms with Crippen molar-refractivity contribution in [3.8, 4) is 17.2 Å². The largest absolute Gasteiger partial charge is 0.492 e. The van der Waals surface area contributed by atoms with E-state index in [1.165, 1.54) is 19.2 Å². The number of carbonyl (C=O) groups is 2. The monoisotopic (exact) mass is 374 g/mol. The maximum Gasteiger partial charge on any atom is 0.322 e. The molecule has 1 aromatic carbocycles. The number of hydrazine groups is 1. The van der Waals surface area contributed by atoms with Crippen LogP contribution in [0.25, 0.3) is 0 Å².